The zero-order chi connectivity index (χ0) is 22.7. The smallest absolute Gasteiger partial charge is 0.256 e. The number of nitrogens with one attached hydrogen (secondary N) is 1. The van der Waals surface area contributed by atoms with Crippen molar-refractivity contribution in [3.8, 4) is 5.88 Å². The highest BCUT2D eigenvalue weighted by Crippen LogP contribution is 2.27. The average Bonchev–Trinajstić information content (AvgIpc) is 3.27. The lowest BCUT2D eigenvalue weighted by atomic mass is 10.1. The number of fused-ring (bicyclic) bond motifs is 1. The number of methoxy groups -OCH3 is 1. The predicted octanol–water partition coefficient (Wildman–Crippen LogP) is 1.09. The van der Waals surface area contributed by atoms with E-state index >= 15 is 0 Å². The third-order valence-corrected chi connectivity index (χ3v) is 5.26. The Kier molecular flexibility index (Phi) is 6.02. The van der Waals surface area contributed by atoms with E-state index in [0.29, 0.717) is 48.0 Å². The number of carbonyl (C=O) groups excluding carboxylic acids is 2. The Bertz CT molecular complexity index is 1140. The van der Waals surface area contributed by atoms with Crippen LogP contribution < -0.4 is 15.8 Å². The van der Waals surface area contributed by atoms with Gasteiger partial charge >= 0.3 is 0 Å². The van der Waals surface area contributed by atoms with Crippen molar-refractivity contribution in [1.29, 1.82) is 0 Å². The lowest BCUT2D eigenvalue weighted by molar-refractivity contribution is -0.122. The van der Waals surface area contributed by atoms with Crippen LogP contribution in [0.1, 0.15) is 33.0 Å². The third kappa shape index (κ3) is 4.53. The Morgan fingerprint density at radius 3 is 2.84 bits per heavy atom. The van der Waals surface area contributed by atoms with Crippen molar-refractivity contribution in [1.82, 2.24) is 30.0 Å². The highest BCUT2D eigenvalue weighted by atomic mass is 16.5. The summed E-state index contributed by atoms with van der Waals surface area (Å²) in [7, 11) is 1.52. The van der Waals surface area contributed by atoms with Crippen molar-refractivity contribution < 1.29 is 14.3 Å². The fraction of sp³-hybridized carbons (Fsp3) is 0.318. The fourth-order valence-electron chi connectivity index (χ4n) is 3.66. The second kappa shape index (κ2) is 9.04. The summed E-state index contributed by atoms with van der Waals surface area (Å²) in [5.41, 5.74) is 9.34. The summed E-state index contributed by atoms with van der Waals surface area (Å²) in [6, 6.07) is 9.18. The summed E-state index contributed by atoms with van der Waals surface area (Å²) < 4.78 is 6.84. The summed E-state index contributed by atoms with van der Waals surface area (Å²) >= 11 is 0. The Labute approximate surface area is 185 Å². The molecule has 2 amide bonds. The number of nitrogens with zero attached hydrogens (tertiary/aromatic N) is 5. The number of pyridine rings is 2. The molecule has 4 rings (SSSR count). The van der Waals surface area contributed by atoms with Crippen LogP contribution in [0.5, 0.6) is 5.88 Å². The number of aryl methyl sites for hydroxylation is 1. The first-order valence-corrected chi connectivity index (χ1v) is 10.3. The molecule has 0 bridgehead atoms. The number of anilines is 1. The molecular formula is C22H25N7O3. The summed E-state index contributed by atoms with van der Waals surface area (Å²) in [6.07, 6.45) is 2.40. The predicted molar refractivity (Wildman–Crippen MR) is 117 cm³/mol. The van der Waals surface area contributed by atoms with E-state index in [1.54, 1.807) is 23.2 Å². The van der Waals surface area contributed by atoms with Crippen LogP contribution in [0.25, 0.3) is 0 Å². The number of nitrogens with two attached hydrogens (primary N) is 1. The molecule has 0 fully saturated rings. The summed E-state index contributed by atoms with van der Waals surface area (Å²) in [6.45, 7) is 2.94. The van der Waals surface area contributed by atoms with Gasteiger partial charge in [-0.1, -0.05) is 6.07 Å². The van der Waals surface area contributed by atoms with E-state index < -0.39 is 0 Å². The first kappa shape index (κ1) is 21.3. The highest BCUT2D eigenvalue weighted by molar-refractivity contribution is 5.98. The molecule has 32 heavy (non-hydrogen) atoms. The molecule has 0 saturated heterocycles. The molecule has 3 aromatic rings. The van der Waals surface area contributed by atoms with Gasteiger partial charge in [-0.3, -0.25) is 14.6 Å². The van der Waals surface area contributed by atoms with Crippen LogP contribution >= 0.6 is 0 Å². The minimum absolute atomic E-state index is 0.000583. The van der Waals surface area contributed by atoms with Gasteiger partial charge in [-0.2, -0.15) is 5.10 Å². The van der Waals surface area contributed by atoms with Gasteiger partial charge in [-0.15, -0.1) is 0 Å². The van der Waals surface area contributed by atoms with Crippen LogP contribution in [0.3, 0.4) is 0 Å². The largest absolute Gasteiger partial charge is 0.481 e. The van der Waals surface area contributed by atoms with Gasteiger partial charge in [0.15, 0.2) is 0 Å². The molecule has 10 heteroatoms. The van der Waals surface area contributed by atoms with Crippen molar-refractivity contribution in [2.24, 2.45) is 0 Å². The van der Waals surface area contributed by atoms with Crippen LogP contribution in [0.4, 0.5) is 5.82 Å². The summed E-state index contributed by atoms with van der Waals surface area (Å²) in [5.74, 6) is 0.466. The molecule has 0 aliphatic carbocycles. The van der Waals surface area contributed by atoms with Crippen molar-refractivity contribution in [3.05, 3.63) is 64.7 Å². The maximum absolute atomic E-state index is 12.9. The molecule has 0 unspecified atom stereocenters. The molecule has 0 radical (unpaired) electrons. The molecule has 10 nitrogen and oxygen atoms in total. The normalized spacial score (nSPS) is 12.7. The van der Waals surface area contributed by atoms with Gasteiger partial charge in [0.05, 0.1) is 30.6 Å². The van der Waals surface area contributed by atoms with Gasteiger partial charge < -0.3 is 20.7 Å². The lowest BCUT2D eigenvalue weighted by Crippen LogP contribution is -2.28. The number of amides is 2. The van der Waals surface area contributed by atoms with Gasteiger partial charge in [0, 0.05) is 43.0 Å². The van der Waals surface area contributed by atoms with E-state index in [4.69, 9.17) is 10.5 Å². The zero-order valence-corrected chi connectivity index (χ0v) is 18.0. The maximum atomic E-state index is 12.9. The molecule has 0 saturated carbocycles. The van der Waals surface area contributed by atoms with E-state index in [1.807, 2.05) is 25.1 Å². The molecule has 4 heterocycles. The van der Waals surface area contributed by atoms with Gasteiger partial charge in [0.25, 0.3) is 5.91 Å². The standard InChI is InChI=1S/C22H25N7O3/c1-14-9-19(23)29(27-14)13-20(30)25-11-15-10-17-18(26-21(15)32-2)12-28(22(17)31)8-6-16-5-3-4-7-24-16/h3-5,7,9-10H,6,8,11-13,23H2,1-2H3,(H,25,30). The minimum Gasteiger partial charge on any atom is -0.481 e. The van der Waals surface area contributed by atoms with E-state index in [1.165, 1.54) is 11.8 Å². The van der Waals surface area contributed by atoms with Gasteiger partial charge in [-0.05, 0) is 25.1 Å². The molecule has 0 aromatic carbocycles. The summed E-state index contributed by atoms with van der Waals surface area (Å²) in [5, 5.41) is 7.00. The molecule has 0 atom stereocenters. The van der Waals surface area contributed by atoms with Crippen molar-refractivity contribution in [2.45, 2.75) is 33.0 Å². The van der Waals surface area contributed by atoms with E-state index in [0.717, 1.165) is 11.4 Å². The van der Waals surface area contributed by atoms with Crippen LogP contribution in [-0.4, -0.2) is 50.1 Å². The van der Waals surface area contributed by atoms with E-state index in [2.05, 4.69) is 20.4 Å². The summed E-state index contributed by atoms with van der Waals surface area (Å²) in [4.78, 5) is 35.8. The number of hydrogen-bond acceptors (Lipinski definition) is 7. The minimum atomic E-state index is -0.259. The quantitative estimate of drug-likeness (QED) is 0.542. The third-order valence-electron chi connectivity index (χ3n) is 5.26. The topological polar surface area (TPSA) is 128 Å². The van der Waals surface area contributed by atoms with E-state index in [9.17, 15) is 9.59 Å². The van der Waals surface area contributed by atoms with Crippen LogP contribution in [0, 0.1) is 6.92 Å². The second-order valence-corrected chi connectivity index (χ2v) is 7.59. The number of ether oxygens (including phenoxy) is 1. The Morgan fingerprint density at radius 1 is 1.31 bits per heavy atom. The van der Waals surface area contributed by atoms with Gasteiger partial charge in [0.2, 0.25) is 11.8 Å². The van der Waals surface area contributed by atoms with Crippen molar-refractivity contribution >= 4 is 17.6 Å². The second-order valence-electron chi connectivity index (χ2n) is 7.59. The zero-order valence-electron chi connectivity index (χ0n) is 18.0. The first-order chi connectivity index (χ1) is 15.4. The number of carbonyl (C=O) groups is 2. The number of hydrogen-bond donors (Lipinski definition) is 2. The molecular weight excluding hydrogens is 410 g/mol. The SMILES string of the molecule is COc1nc2c(cc1CNC(=O)Cn1nc(C)cc1N)C(=O)N(CCc1ccccn1)C2. The number of rotatable bonds is 8. The molecule has 1 aliphatic rings. The van der Waals surface area contributed by atoms with E-state index in [-0.39, 0.29) is 24.9 Å². The van der Waals surface area contributed by atoms with Crippen LogP contribution in [-0.2, 0) is 30.8 Å². The van der Waals surface area contributed by atoms with Gasteiger partial charge in [-0.25, -0.2) is 9.67 Å². The van der Waals surface area contributed by atoms with Crippen LogP contribution in [0.2, 0.25) is 0 Å². The molecule has 3 N–H and O–H groups in total. The Balaban J connectivity index is 1.42. The fourth-order valence-corrected chi connectivity index (χ4v) is 3.66. The molecule has 3 aromatic heterocycles. The van der Waals surface area contributed by atoms with Crippen LogP contribution in [0.15, 0.2) is 36.5 Å². The maximum Gasteiger partial charge on any atom is 0.256 e. The first-order valence-electron chi connectivity index (χ1n) is 10.3. The molecule has 166 valence electrons. The number of aromatic nitrogens is 4. The molecule has 0 spiro atoms. The highest BCUT2D eigenvalue weighted by Gasteiger charge is 2.30. The Hall–Kier alpha value is -3.95. The van der Waals surface area contributed by atoms with Crippen molar-refractivity contribution in [2.75, 3.05) is 19.4 Å². The average molecular weight is 435 g/mol. The molecule has 1 aliphatic heterocycles. The van der Waals surface area contributed by atoms with Crippen molar-refractivity contribution in [3.63, 3.8) is 0 Å². The number of nitrogen functional groups attached to an aromatic ring is 1. The van der Waals surface area contributed by atoms with Gasteiger partial charge in [0.1, 0.15) is 12.4 Å². The Morgan fingerprint density at radius 2 is 2.16 bits per heavy atom. The monoisotopic (exact) mass is 435 g/mol. The lowest BCUT2D eigenvalue weighted by Gasteiger charge is -2.14.